The average Bonchev–Trinajstić information content (AvgIpc) is 2.69. The minimum atomic E-state index is -0.432. The molecule has 0 amide bonds. The van der Waals surface area contributed by atoms with Crippen molar-refractivity contribution >= 4 is 33.5 Å². The SMILES string of the molecule is Cc1ccc2c(OCC(=O)OC(C)C)c3c(C)cccc3c(OCC(=O)OC(C)C)c2c1. The van der Waals surface area contributed by atoms with Crippen molar-refractivity contribution in [2.24, 2.45) is 0 Å². The molecule has 0 spiro atoms. The fraction of sp³-hybridized carbons (Fsp3) is 0.385. The first kappa shape index (κ1) is 23.4. The van der Waals surface area contributed by atoms with E-state index >= 15 is 0 Å². The summed E-state index contributed by atoms with van der Waals surface area (Å²) in [5, 5.41) is 3.22. The summed E-state index contributed by atoms with van der Waals surface area (Å²) in [6.45, 7) is 10.7. The topological polar surface area (TPSA) is 71.1 Å². The van der Waals surface area contributed by atoms with E-state index in [1.807, 2.05) is 50.2 Å². The zero-order chi connectivity index (χ0) is 23.4. The molecule has 0 fully saturated rings. The van der Waals surface area contributed by atoms with Gasteiger partial charge in [0.2, 0.25) is 0 Å². The van der Waals surface area contributed by atoms with Crippen molar-refractivity contribution in [3.8, 4) is 11.5 Å². The van der Waals surface area contributed by atoms with Gasteiger partial charge in [0.05, 0.1) is 12.2 Å². The monoisotopic (exact) mass is 438 g/mol. The van der Waals surface area contributed by atoms with Crippen LogP contribution in [-0.2, 0) is 19.1 Å². The summed E-state index contributed by atoms with van der Waals surface area (Å²) in [4.78, 5) is 24.3. The van der Waals surface area contributed by atoms with E-state index in [9.17, 15) is 9.59 Å². The molecule has 3 aromatic carbocycles. The smallest absolute Gasteiger partial charge is 0.344 e. The predicted octanol–water partition coefficient (Wildman–Crippen LogP) is 5.27. The summed E-state index contributed by atoms with van der Waals surface area (Å²) in [7, 11) is 0. The Morgan fingerprint density at radius 3 is 1.94 bits per heavy atom. The highest BCUT2D eigenvalue weighted by Crippen LogP contribution is 2.44. The number of esters is 2. The van der Waals surface area contributed by atoms with Gasteiger partial charge in [-0.05, 0) is 53.2 Å². The van der Waals surface area contributed by atoms with Crippen LogP contribution in [0.15, 0.2) is 36.4 Å². The molecule has 0 aliphatic carbocycles. The fourth-order valence-corrected chi connectivity index (χ4v) is 3.64. The lowest BCUT2D eigenvalue weighted by Crippen LogP contribution is -2.19. The molecule has 32 heavy (non-hydrogen) atoms. The first-order valence-electron chi connectivity index (χ1n) is 10.8. The largest absolute Gasteiger partial charge is 0.481 e. The Bertz CT molecular complexity index is 1140. The minimum Gasteiger partial charge on any atom is -0.481 e. The minimum absolute atomic E-state index is 0.203. The fourth-order valence-electron chi connectivity index (χ4n) is 3.64. The van der Waals surface area contributed by atoms with Gasteiger partial charge >= 0.3 is 11.9 Å². The molecule has 0 saturated heterocycles. The van der Waals surface area contributed by atoms with Crippen molar-refractivity contribution in [2.45, 2.75) is 53.8 Å². The van der Waals surface area contributed by atoms with Crippen LogP contribution in [0.5, 0.6) is 11.5 Å². The Hall–Kier alpha value is -3.28. The van der Waals surface area contributed by atoms with Crippen LogP contribution in [0, 0.1) is 13.8 Å². The Balaban J connectivity index is 2.13. The number of carbonyl (C=O) groups is 2. The van der Waals surface area contributed by atoms with Gasteiger partial charge in [0.15, 0.2) is 13.2 Å². The Labute approximate surface area is 188 Å². The van der Waals surface area contributed by atoms with Crippen molar-refractivity contribution in [1.29, 1.82) is 0 Å². The van der Waals surface area contributed by atoms with Crippen LogP contribution in [-0.4, -0.2) is 37.4 Å². The molecule has 0 aliphatic heterocycles. The van der Waals surface area contributed by atoms with Crippen LogP contribution in [0.4, 0.5) is 0 Å². The van der Waals surface area contributed by atoms with Crippen molar-refractivity contribution in [2.75, 3.05) is 13.2 Å². The number of fused-ring (bicyclic) bond motifs is 2. The maximum Gasteiger partial charge on any atom is 0.344 e. The third-order valence-electron chi connectivity index (χ3n) is 4.81. The molecule has 0 unspecified atom stereocenters. The average molecular weight is 439 g/mol. The molecule has 6 nitrogen and oxygen atoms in total. The van der Waals surface area contributed by atoms with Gasteiger partial charge in [0.1, 0.15) is 11.5 Å². The van der Waals surface area contributed by atoms with E-state index in [1.165, 1.54) is 0 Å². The number of aryl methyl sites for hydroxylation is 2. The van der Waals surface area contributed by atoms with Crippen LogP contribution in [0.1, 0.15) is 38.8 Å². The van der Waals surface area contributed by atoms with Crippen molar-refractivity contribution in [1.82, 2.24) is 0 Å². The number of benzene rings is 3. The van der Waals surface area contributed by atoms with Crippen LogP contribution in [0.2, 0.25) is 0 Å². The van der Waals surface area contributed by atoms with Crippen molar-refractivity contribution in [3.05, 3.63) is 47.5 Å². The lowest BCUT2D eigenvalue weighted by Gasteiger charge is -2.19. The highest BCUT2D eigenvalue weighted by atomic mass is 16.6. The van der Waals surface area contributed by atoms with E-state index in [4.69, 9.17) is 18.9 Å². The van der Waals surface area contributed by atoms with E-state index < -0.39 is 11.9 Å². The molecule has 0 saturated carbocycles. The Morgan fingerprint density at radius 2 is 1.34 bits per heavy atom. The molecular formula is C26H30O6. The molecule has 3 rings (SSSR count). The van der Waals surface area contributed by atoms with Crippen LogP contribution >= 0.6 is 0 Å². The zero-order valence-corrected chi connectivity index (χ0v) is 19.5. The number of rotatable bonds is 8. The van der Waals surface area contributed by atoms with Gasteiger partial charge in [-0.25, -0.2) is 9.59 Å². The molecule has 6 heteroatoms. The molecule has 170 valence electrons. The van der Waals surface area contributed by atoms with E-state index in [0.29, 0.717) is 11.5 Å². The second kappa shape index (κ2) is 9.90. The molecule has 0 aliphatic rings. The first-order valence-corrected chi connectivity index (χ1v) is 10.8. The highest BCUT2D eigenvalue weighted by Gasteiger charge is 2.20. The van der Waals surface area contributed by atoms with Gasteiger partial charge in [0.25, 0.3) is 0 Å². The van der Waals surface area contributed by atoms with E-state index in [2.05, 4.69) is 0 Å². The second-order valence-electron chi connectivity index (χ2n) is 8.36. The number of hydrogen-bond donors (Lipinski definition) is 0. The lowest BCUT2D eigenvalue weighted by atomic mass is 9.96. The summed E-state index contributed by atoms with van der Waals surface area (Å²) in [5.74, 6) is 0.309. The summed E-state index contributed by atoms with van der Waals surface area (Å²) in [6.07, 6.45) is -0.434. The highest BCUT2D eigenvalue weighted by molar-refractivity contribution is 6.12. The van der Waals surface area contributed by atoms with Crippen LogP contribution < -0.4 is 9.47 Å². The molecule has 0 N–H and O–H groups in total. The summed E-state index contributed by atoms with van der Waals surface area (Å²) < 4.78 is 22.5. The van der Waals surface area contributed by atoms with Crippen LogP contribution in [0.3, 0.4) is 0 Å². The number of hydrogen-bond acceptors (Lipinski definition) is 6. The Kier molecular flexibility index (Phi) is 7.23. The predicted molar refractivity (Wildman–Crippen MR) is 124 cm³/mol. The van der Waals surface area contributed by atoms with Crippen molar-refractivity contribution < 1.29 is 28.5 Å². The third kappa shape index (κ3) is 5.31. The molecule has 0 heterocycles. The molecular weight excluding hydrogens is 408 g/mol. The van der Waals surface area contributed by atoms with Crippen LogP contribution in [0.25, 0.3) is 21.5 Å². The van der Waals surface area contributed by atoms with E-state index in [-0.39, 0.29) is 25.4 Å². The second-order valence-corrected chi connectivity index (χ2v) is 8.36. The number of carbonyl (C=O) groups excluding carboxylic acids is 2. The maximum atomic E-state index is 12.1. The quantitative estimate of drug-likeness (QED) is 0.352. The first-order chi connectivity index (χ1) is 15.2. The van der Waals surface area contributed by atoms with E-state index in [1.54, 1.807) is 27.7 Å². The molecule has 3 aromatic rings. The summed E-state index contributed by atoms with van der Waals surface area (Å²) >= 11 is 0. The van der Waals surface area contributed by atoms with Crippen molar-refractivity contribution in [3.63, 3.8) is 0 Å². The van der Waals surface area contributed by atoms with Gasteiger partial charge in [-0.1, -0.05) is 35.9 Å². The van der Waals surface area contributed by atoms with Gasteiger partial charge in [-0.3, -0.25) is 0 Å². The number of ether oxygens (including phenoxy) is 4. The summed E-state index contributed by atoms with van der Waals surface area (Å²) in [5.41, 5.74) is 2.00. The molecule has 0 radical (unpaired) electrons. The van der Waals surface area contributed by atoms with Gasteiger partial charge in [0, 0.05) is 21.5 Å². The zero-order valence-electron chi connectivity index (χ0n) is 19.5. The third-order valence-corrected chi connectivity index (χ3v) is 4.81. The van der Waals surface area contributed by atoms with Gasteiger partial charge < -0.3 is 18.9 Å². The summed E-state index contributed by atoms with van der Waals surface area (Å²) in [6, 6.07) is 11.7. The lowest BCUT2D eigenvalue weighted by molar-refractivity contribution is -0.150. The molecule has 0 bridgehead atoms. The Morgan fingerprint density at radius 1 is 0.750 bits per heavy atom. The normalized spacial score (nSPS) is 11.2. The molecule has 0 atom stereocenters. The maximum absolute atomic E-state index is 12.1. The standard InChI is InChI=1S/C26H30O6/c1-15(2)31-22(27)13-29-25-20-9-7-8-18(6)24(20)26(30-14-23(28)32-16(3)4)19-11-10-17(5)12-21(19)25/h7-12,15-16H,13-14H2,1-6H3. The van der Waals surface area contributed by atoms with E-state index in [0.717, 1.165) is 32.7 Å². The van der Waals surface area contributed by atoms with Gasteiger partial charge in [-0.2, -0.15) is 0 Å². The molecule has 0 aromatic heterocycles. The van der Waals surface area contributed by atoms with Gasteiger partial charge in [-0.15, -0.1) is 0 Å².